The number of benzene rings is 3. The summed E-state index contributed by atoms with van der Waals surface area (Å²) in [6, 6.07) is 33.5. The molecule has 0 bridgehead atoms. The van der Waals surface area contributed by atoms with Gasteiger partial charge in [0.25, 0.3) is 0 Å². The molecule has 0 radical (unpaired) electrons. The molecule has 0 spiro atoms. The second-order valence-corrected chi connectivity index (χ2v) is 5.71. The molecular weight excluding hydrogens is 290 g/mol. The van der Waals surface area contributed by atoms with Crippen LogP contribution in [-0.4, -0.2) is 4.98 Å². The van der Waals surface area contributed by atoms with Crippen molar-refractivity contribution >= 4 is 0 Å². The van der Waals surface area contributed by atoms with Gasteiger partial charge in [0.15, 0.2) is 0 Å². The fourth-order valence-corrected chi connectivity index (χ4v) is 2.94. The van der Waals surface area contributed by atoms with Gasteiger partial charge in [-0.2, -0.15) is 0 Å². The number of pyridine rings is 1. The fraction of sp³-hybridized carbons (Fsp3) is 0. The third kappa shape index (κ3) is 2.84. The van der Waals surface area contributed by atoms with Crippen molar-refractivity contribution in [3.63, 3.8) is 0 Å². The van der Waals surface area contributed by atoms with Gasteiger partial charge in [-0.15, -0.1) is 0 Å². The Morgan fingerprint density at radius 2 is 0.958 bits per heavy atom. The molecule has 0 fully saturated rings. The van der Waals surface area contributed by atoms with Crippen LogP contribution in [0.1, 0.15) is 0 Å². The molecule has 0 aliphatic carbocycles. The monoisotopic (exact) mass is 307 g/mol. The lowest BCUT2D eigenvalue weighted by atomic mass is 9.95. The Kier molecular flexibility index (Phi) is 3.91. The van der Waals surface area contributed by atoms with Crippen LogP contribution in [-0.2, 0) is 0 Å². The van der Waals surface area contributed by atoms with Gasteiger partial charge in [-0.05, 0) is 22.8 Å². The second-order valence-electron chi connectivity index (χ2n) is 5.71. The highest BCUT2D eigenvalue weighted by Crippen LogP contribution is 2.32. The van der Waals surface area contributed by atoms with Gasteiger partial charge < -0.3 is 0 Å². The third-order valence-corrected chi connectivity index (χ3v) is 4.16. The molecule has 114 valence electrons. The van der Waals surface area contributed by atoms with Crippen molar-refractivity contribution in [1.82, 2.24) is 4.98 Å². The molecule has 4 aromatic rings. The van der Waals surface area contributed by atoms with E-state index in [9.17, 15) is 0 Å². The van der Waals surface area contributed by atoms with Crippen LogP contribution >= 0.6 is 0 Å². The molecule has 0 amide bonds. The summed E-state index contributed by atoms with van der Waals surface area (Å²) in [6.45, 7) is 0. The first kappa shape index (κ1) is 14.4. The molecule has 24 heavy (non-hydrogen) atoms. The molecule has 1 heteroatoms. The summed E-state index contributed by atoms with van der Waals surface area (Å²) in [5.41, 5.74) is 6.93. The van der Waals surface area contributed by atoms with Gasteiger partial charge in [0.05, 0.1) is 5.69 Å². The highest BCUT2D eigenvalue weighted by molar-refractivity contribution is 5.83. The van der Waals surface area contributed by atoms with Gasteiger partial charge in [0, 0.05) is 17.3 Å². The summed E-state index contributed by atoms with van der Waals surface area (Å²) in [6.07, 6.45) is 1.96. The molecule has 0 N–H and O–H groups in total. The zero-order valence-electron chi connectivity index (χ0n) is 13.3. The first-order chi connectivity index (χ1) is 11.9. The Balaban J connectivity index is 1.75. The first-order valence-electron chi connectivity index (χ1n) is 8.08. The van der Waals surface area contributed by atoms with Crippen molar-refractivity contribution in [2.45, 2.75) is 0 Å². The van der Waals surface area contributed by atoms with E-state index in [2.05, 4.69) is 77.8 Å². The topological polar surface area (TPSA) is 12.9 Å². The minimum absolute atomic E-state index is 0.997. The van der Waals surface area contributed by atoms with Crippen molar-refractivity contribution < 1.29 is 0 Å². The van der Waals surface area contributed by atoms with Gasteiger partial charge in [-0.3, -0.25) is 4.98 Å². The van der Waals surface area contributed by atoms with Gasteiger partial charge >= 0.3 is 0 Å². The van der Waals surface area contributed by atoms with Crippen LogP contribution in [0.4, 0.5) is 0 Å². The summed E-state index contributed by atoms with van der Waals surface area (Å²) in [5, 5.41) is 0. The lowest BCUT2D eigenvalue weighted by molar-refractivity contribution is 1.32. The number of hydrogen-bond acceptors (Lipinski definition) is 1. The van der Waals surface area contributed by atoms with Crippen molar-refractivity contribution in [2.75, 3.05) is 0 Å². The highest BCUT2D eigenvalue weighted by Gasteiger charge is 2.07. The molecule has 1 nitrogen and oxygen atoms in total. The van der Waals surface area contributed by atoms with Gasteiger partial charge in [0.2, 0.25) is 0 Å². The Bertz CT molecular complexity index is 926. The smallest absolute Gasteiger partial charge is 0.0702 e. The molecular formula is C23H17N. The first-order valence-corrected chi connectivity index (χ1v) is 8.08. The van der Waals surface area contributed by atoms with E-state index in [4.69, 9.17) is 0 Å². The predicted molar refractivity (Wildman–Crippen MR) is 101 cm³/mol. The van der Waals surface area contributed by atoms with Crippen LogP contribution in [0.3, 0.4) is 0 Å². The van der Waals surface area contributed by atoms with E-state index in [0.717, 1.165) is 16.8 Å². The number of nitrogens with zero attached hydrogens (tertiary/aromatic N) is 1. The van der Waals surface area contributed by atoms with Crippen LogP contribution in [0.25, 0.3) is 33.5 Å². The summed E-state index contributed by atoms with van der Waals surface area (Å²) >= 11 is 0. The maximum absolute atomic E-state index is 4.66. The van der Waals surface area contributed by atoms with Gasteiger partial charge in [-0.25, -0.2) is 0 Å². The van der Waals surface area contributed by atoms with E-state index in [1.54, 1.807) is 0 Å². The van der Waals surface area contributed by atoms with Crippen molar-refractivity contribution in [3.05, 3.63) is 103 Å². The van der Waals surface area contributed by atoms with Gasteiger partial charge in [0.1, 0.15) is 0 Å². The normalized spacial score (nSPS) is 10.5. The molecule has 4 rings (SSSR count). The van der Waals surface area contributed by atoms with Crippen LogP contribution in [0.5, 0.6) is 0 Å². The maximum atomic E-state index is 4.66. The summed E-state index contributed by atoms with van der Waals surface area (Å²) in [7, 11) is 0. The molecule has 3 aromatic carbocycles. The summed E-state index contributed by atoms with van der Waals surface area (Å²) in [4.78, 5) is 4.66. The van der Waals surface area contributed by atoms with E-state index < -0.39 is 0 Å². The Morgan fingerprint density at radius 3 is 1.54 bits per heavy atom. The molecule has 0 unspecified atom stereocenters. The molecule has 1 heterocycles. The third-order valence-electron chi connectivity index (χ3n) is 4.16. The van der Waals surface area contributed by atoms with Crippen LogP contribution in [0.15, 0.2) is 103 Å². The van der Waals surface area contributed by atoms with E-state index >= 15 is 0 Å². The predicted octanol–water partition coefficient (Wildman–Crippen LogP) is 6.08. The van der Waals surface area contributed by atoms with Crippen LogP contribution in [0, 0.1) is 0 Å². The largest absolute Gasteiger partial charge is 0.256 e. The van der Waals surface area contributed by atoms with Crippen molar-refractivity contribution in [1.29, 1.82) is 0 Å². The zero-order valence-corrected chi connectivity index (χ0v) is 13.3. The SMILES string of the molecule is c1ccc(-c2ccc(-c3ccccc3-c3ccccc3)cn2)cc1. The van der Waals surface area contributed by atoms with E-state index in [1.165, 1.54) is 16.7 Å². The van der Waals surface area contributed by atoms with E-state index in [1.807, 2.05) is 30.5 Å². The Hall–Kier alpha value is -3.19. The summed E-state index contributed by atoms with van der Waals surface area (Å²) < 4.78 is 0. The molecule has 0 saturated carbocycles. The minimum Gasteiger partial charge on any atom is -0.256 e. The zero-order chi connectivity index (χ0) is 16.2. The van der Waals surface area contributed by atoms with Crippen molar-refractivity contribution in [3.8, 4) is 33.5 Å². The second kappa shape index (κ2) is 6.51. The number of hydrogen-bond donors (Lipinski definition) is 0. The summed E-state index contributed by atoms with van der Waals surface area (Å²) in [5.74, 6) is 0. The minimum atomic E-state index is 0.997. The van der Waals surface area contributed by atoms with E-state index in [-0.39, 0.29) is 0 Å². The highest BCUT2D eigenvalue weighted by atomic mass is 14.7. The quantitative estimate of drug-likeness (QED) is 0.447. The average molecular weight is 307 g/mol. The van der Waals surface area contributed by atoms with Crippen LogP contribution in [0.2, 0.25) is 0 Å². The Morgan fingerprint density at radius 1 is 0.417 bits per heavy atom. The molecule has 0 aliphatic heterocycles. The van der Waals surface area contributed by atoms with Gasteiger partial charge in [-0.1, -0.05) is 91.0 Å². The molecule has 0 saturated heterocycles. The maximum Gasteiger partial charge on any atom is 0.0702 e. The standard InChI is InChI=1S/C23H17N/c1-3-9-18(10-4-1)21-13-7-8-14-22(21)20-15-16-23(24-17-20)19-11-5-2-6-12-19/h1-17H. The lowest BCUT2D eigenvalue weighted by Crippen LogP contribution is -1.88. The molecule has 1 aromatic heterocycles. The van der Waals surface area contributed by atoms with Crippen LogP contribution < -0.4 is 0 Å². The molecule has 0 atom stereocenters. The number of aromatic nitrogens is 1. The lowest BCUT2D eigenvalue weighted by Gasteiger charge is -2.10. The Labute approximate surface area is 142 Å². The fourth-order valence-electron chi connectivity index (χ4n) is 2.94. The van der Waals surface area contributed by atoms with E-state index in [0.29, 0.717) is 0 Å². The molecule has 0 aliphatic rings. The average Bonchev–Trinajstić information content (AvgIpc) is 2.69. The number of rotatable bonds is 3. The van der Waals surface area contributed by atoms with Crippen molar-refractivity contribution in [2.24, 2.45) is 0 Å².